The van der Waals surface area contributed by atoms with Crippen LogP contribution >= 0.6 is 34.2 Å². The summed E-state index contributed by atoms with van der Waals surface area (Å²) in [7, 11) is 0. The molecule has 1 heterocycles. The molecular formula is C15H10ClFIN3. The van der Waals surface area contributed by atoms with Crippen molar-refractivity contribution in [1.82, 2.24) is 10.2 Å². The number of benzene rings is 2. The zero-order valence-electron chi connectivity index (χ0n) is 10.7. The van der Waals surface area contributed by atoms with Gasteiger partial charge < -0.3 is 5.73 Å². The van der Waals surface area contributed by atoms with Gasteiger partial charge in [-0.3, -0.25) is 5.10 Å². The minimum Gasteiger partial charge on any atom is -0.382 e. The molecule has 3 rings (SSSR count). The van der Waals surface area contributed by atoms with Crippen LogP contribution in [0.3, 0.4) is 0 Å². The minimum absolute atomic E-state index is 0.301. The first-order valence-corrected chi connectivity index (χ1v) is 7.57. The standard InChI is InChI=1S/C15H10ClFIN3/c16-11-7-8(17)5-6-9(11)13-14(20-21-15(13)19)10-3-1-2-4-12(10)18/h1-7H,(H3,19,20,21). The Bertz CT molecular complexity index is 816. The first kappa shape index (κ1) is 14.3. The zero-order chi connectivity index (χ0) is 15.0. The molecule has 0 amide bonds. The van der Waals surface area contributed by atoms with Crippen LogP contribution in [-0.4, -0.2) is 10.2 Å². The predicted molar refractivity (Wildman–Crippen MR) is 91.6 cm³/mol. The molecule has 2 aromatic carbocycles. The van der Waals surface area contributed by atoms with Gasteiger partial charge in [0.1, 0.15) is 5.82 Å². The number of anilines is 1. The lowest BCUT2D eigenvalue weighted by Gasteiger charge is -2.08. The first-order chi connectivity index (χ1) is 10.1. The molecule has 21 heavy (non-hydrogen) atoms. The Morgan fingerprint density at radius 1 is 1.14 bits per heavy atom. The number of nitrogens with one attached hydrogen (secondary N) is 1. The number of rotatable bonds is 2. The number of nitrogen functional groups attached to an aromatic ring is 1. The van der Waals surface area contributed by atoms with Crippen molar-refractivity contribution < 1.29 is 4.39 Å². The normalized spacial score (nSPS) is 10.8. The van der Waals surface area contributed by atoms with Crippen molar-refractivity contribution in [1.29, 1.82) is 0 Å². The van der Waals surface area contributed by atoms with Crippen molar-refractivity contribution >= 4 is 40.0 Å². The van der Waals surface area contributed by atoms with Crippen molar-refractivity contribution in [3.8, 4) is 22.4 Å². The van der Waals surface area contributed by atoms with Gasteiger partial charge in [-0.15, -0.1) is 0 Å². The van der Waals surface area contributed by atoms with Crippen LogP contribution in [0.1, 0.15) is 0 Å². The van der Waals surface area contributed by atoms with Crippen molar-refractivity contribution in [2.24, 2.45) is 0 Å². The first-order valence-electron chi connectivity index (χ1n) is 6.12. The molecule has 0 atom stereocenters. The second kappa shape index (κ2) is 5.65. The maximum absolute atomic E-state index is 13.2. The molecule has 6 heteroatoms. The molecule has 0 saturated carbocycles. The van der Waals surface area contributed by atoms with Crippen LogP contribution in [0.25, 0.3) is 22.4 Å². The van der Waals surface area contributed by atoms with Gasteiger partial charge in [-0.05, 0) is 46.9 Å². The van der Waals surface area contributed by atoms with Crippen LogP contribution in [0.5, 0.6) is 0 Å². The third-order valence-electron chi connectivity index (χ3n) is 3.14. The third kappa shape index (κ3) is 2.63. The van der Waals surface area contributed by atoms with Gasteiger partial charge in [-0.1, -0.05) is 29.8 Å². The van der Waals surface area contributed by atoms with Gasteiger partial charge in [-0.25, -0.2) is 4.39 Å². The number of halogens is 3. The lowest BCUT2D eigenvalue weighted by Crippen LogP contribution is -1.91. The predicted octanol–water partition coefficient (Wildman–Crippen LogP) is 4.72. The number of hydrogen-bond acceptors (Lipinski definition) is 2. The van der Waals surface area contributed by atoms with Gasteiger partial charge in [0, 0.05) is 14.7 Å². The van der Waals surface area contributed by atoms with E-state index < -0.39 is 0 Å². The molecule has 0 spiro atoms. The molecule has 1 aromatic heterocycles. The second-order valence-corrected chi connectivity index (χ2v) is 6.03. The largest absolute Gasteiger partial charge is 0.382 e. The molecule has 0 aliphatic heterocycles. The second-order valence-electron chi connectivity index (χ2n) is 4.46. The lowest BCUT2D eigenvalue weighted by atomic mass is 10.0. The van der Waals surface area contributed by atoms with E-state index in [1.807, 2.05) is 24.3 Å². The number of H-pyrrole nitrogens is 1. The highest BCUT2D eigenvalue weighted by Gasteiger charge is 2.18. The molecule has 0 aliphatic carbocycles. The van der Waals surface area contributed by atoms with Crippen LogP contribution in [0.2, 0.25) is 5.02 Å². The Morgan fingerprint density at radius 3 is 2.62 bits per heavy atom. The number of nitrogens with two attached hydrogens (primary N) is 1. The highest BCUT2D eigenvalue weighted by Crippen LogP contribution is 2.39. The highest BCUT2D eigenvalue weighted by atomic mass is 127. The van der Waals surface area contributed by atoms with E-state index in [1.54, 1.807) is 6.07 Å². The van der Waals surface area contributed by atoms with Gasteiger partial charge in [0.25, 0.3) is 0 Å². The van der Waals surface area contributed by atoms with Gasteiger partial charge in [0.2, 0.25) is 0 Å². The molecule has 3 N–H and O–H groups in total. The van der Waals surface area contributed by atoms with E-state index in [0.29, 0.717) is 22.0 Å². The number of hydrogen-bond donors (Lipinski definition) is 2. The molecule has 3 nitrogen and oxygen atoms in total. The maximum Gasteiger partial charge on any atom is 0.153 e. The Kier molecular flexibility index (Phi) is 3.86. The van der Waals surface area contributed by atoms with E-state index >= 15 is 0 Å². The molecule has 0 radical (unpaired) electrons. The molecule has 106 valence electrons. The zero-order valence-corrected chi connectivity index (χ0v) is 13.6. The number of aromatic nitrogens is 2. The summed E-state index contributed by atoms with van der Waals surface area (Å²) in [5.41, 5.74) is 9.05. The van der Waals surface area contributed by atoms with Gasteiger partial charge in [-0.2, -0.15) is 5.10 Å². The van der Waals surface area contributed by atoms with Crippen molar-refractivity contribution in [3.05, 3.63) is 56.9 Å². The summed E-state index contributed by atoms with van der Waals surface area (Å²) in [4.78, 5) is 0. The Morgan fingerprint density at radius 2 is 1.90 bits per heavy atom. The summed E-state index contributed by atoms with van der Waals surface area (Å²) in [6.07, 6.45) is 0. The Hall–Kier alpha value is -1.60. The van der Waals surface area contributed by atoms with E-state index in [2.05, 4.69) is 32.8 Å². The topological polar surface area (TPSA) is 54.7 Å². The summed E-state index contributed by atoms with van der Waals surface area (Å²) in [6, 6.07) is 12.1. The van der Waals surface area contributed by atoms with Crippen LogP contribution in [0.15, 0.2) is 42.5 Å². The minimum atomic E-state index is -0.387. The number of nitrogens with zero attached hydrogens (tertiary/aromatic N) is 1. The Labute approximate surface area is 139 Å². The van der Waals surface area contributed by atoms with Crippen LogP contribution in [-0.2, 0) is 0 Å². The van der Waals surface area contributed by atoms with Gasteiger partial charge >= 0.3 is 0 Å². The smallest absolute Gasteiger partial charge is 0.153 e. The lowest BCUT2D eigenvalue weighted by molar-refractivity contribution is 0.628. The fourth-order valence-corrected chi connectivity index (χ4v) is 3.10. The SMILES string of the molecule is Nc1n[nH]c(-c2ccccc2I)c1-c1ccc(F)cc1Cl. The fourth-order valence-electron chi connectivity index (χ4n) is 2.18. The van der Waals surface area contributed by atoms with Gasteiger partial charge in [0.15, 0.2) is 5.82 Å². The molecule has 0 aliphatic rings. The van der Waals surface area contributed by atoms with E-state index in [4.69, 9.17) is 17.3 Å². The van der Waals surface area contributed by atoms with Crippen molar-refractivity contribution in [2.75, 3.05) is 5.73 Å². The average molecular weight is 414 g/mol. The average Bonchev–Trinajstić information content (AvgIpc) is 2.81. The fraction of sp³-hybridized carbons (Fsp3) is 0. The van der Waals surface area contributed by atoms with E-state index in [1.165, 1.54) is 12.1 Å². The summed E-state index contributed by atoms with van der Waals surface area (Å²) in [5.74, 6) is -0.0557. The summed E-state index contributed by atoms with van der Waals surface area (Å²) in [6.45, 7) is 0. The molecule has 0 fully saturated rings. The third-order valence-corrected chi connectivity index (χ3v) is 4.39. The van der Waals surface area contributed by atoms with Crippen molar-refractivity contribution in [2.45, 2.75) is 0 Å². The summed E-state index contributed by atoms with van der Waals surface area (Å²) in [5, 5.41) is 7.31. The van der Waals surface area contributed by atoms with E-state index in [-0.39, 0.29) is 5.82 Å². The van der Waals surface area contributed by atoms with Crippen molar-refractivity contribution in [3.63, 3.8) is 0 Å². The summed E-state index contributed by atoms with van der Waals surface area (Å²) >= 11 is 8.39. The molecule has 0 unspecified atom stereocenters. The van der Waals surface area contributed by atoms with E-state index in [0.717, 1.165) is 14.8 Å². The summed E-state index contributed by atoms with van der Waals surface area (Å²) < 4.78 is 14.3. The van der Waals surface area contributed by atoms with Crippen LogP contribution in [0, 0.1) is 9.39 Å². The quantitative estimate of drug-likeness (QED) is 0.597. The Balaban J connectivity index is 2.25. The van der Waals surface area contributed by atoms with Crippen LogP contribution in [0.4, 0.5) is 10.2 Å². The highest BCUT2D eigenvalue weighted by molar-refractivity contribution is 14.1. The van der Waals surface area contributed by atoms with Gasteiger partial charge in [0.05, 0.1) is 16.3 Å². The molecule has 3 aromatic rings. The maximum atomic E-state index is 13.2. The number of aromatic amines is 1. The van der Waals surface area contributed by atoms with E-state index in [9.17, 15) is 4.39 Å². The molecule has 0 saturated heterocycles. The molecule has 0 bridgehead atoms. The molecular weight excluding hydrogens is 404 g/mol. The van der Waals surface area contributed by atoms with Crippen LogP contribution < -0.4 is 5.73 Å². The monoisotopic (exact) mass is 413 g/mol.